The fraction of sp³-hybridized carbons (Fsp3) is 0.406. The molecule has 0 saturated carbocycles. The van der Waals surface area contributed by atoms with Gasteiger partial charge in [-0.25, -0.2) is 0 Å². The van der Waals surface area contributed by atoms with Gasteiger partial charge in [-0.2, -0.15) is 0 Å². The minimum absolute atomic E-state index is 0.0111. The van der Waals surface area contributed by atoms with Gasteiger partial charge in [0.2, 0.25) is 0 Å². The van der Waals surface area contributed by atoms with Crippen LogP contribution < -0.4 is 4.74 Å². The van der Waals surface area contributed by atoms with Gasteiger partial charge in [0.25, 0.3) is 0 Å². The molecular weight excluding hydrogens is 510 g/mol. The number of rotatable bonds is 18. The molecule has 210 valence electrons. The van der Waals surface area contributed by atoms with Crippen molar-refractivity contribution in [2.45, 2.75) is 42.2 Å². The highest BCUT2D eigenvalue weighted by molar-refractivity contribution is 8.00. The Morgan fingerprint density at radius 1 is 0.795 bits per heavy atom. The highest BCUT2D eigenvalue weighted by Gasteiger charge is 2.48. The first-order chi connectivity index (χ1) is 19.1. The Kier molecular flexibility index (Phi) is 13.5. The third-order valence-corrected chi connectivity index (χ3v) is 7.75. The first kappa shape index (κ1) is 30.9. The molecule has 0 N–H and O–H groups in total. The second-order valence-electron chi connectivity index (χ2n) is 9.06. The summed E-state index contributed by atoms with van der Waals surface area (Å²) in [6.45, 7) is 20.0. The van der Waals surface area contributed by atoms with Crippen LogP contribution in [0, 0.1) is 0 Å². The number of hydrogen-bond acceptors (Lipinski definition) is 7. The average Bonchev–Trinajstić information content (AvgIpc) is 2.95. The Bertz CT molecular complexity index is 1040. The molecule has 3 rings (SSSR count). The molecule has 1 unspecified atom stereocenters. The summed E-state index contributed by atoms with van der Waals surface area (Å²) in [5.74, 6) is 0.873. The van der Waals surface area contributed by atoms with Crippen LogP contribution in [-0.2, 0) is 25.4 Å². The molecule has 2 aromatic rings. The predicted molar refractivity (Wildman–Crippen MR) is 160 cm³/mol. The molecule has 0 amide bonds. The Morgan fingerprint density at radius 2 is 1.44 bits per heavy atom. The van der Waals surface area contributed by atoms with Gasteiger partial charge in [-0.15, -0.1) is 38.1 Å². The molecule has 0 radical (unpaired) electrons. The van der Waals surface area contributed by atoms with Gasteiger partial charge in [-0.3, -0.25) is 4.98 Å². The van der Waals surface area contributed by atoms with Gasteiger partial charge in [0.05, 0.1) is 50.1 Å². The van der Waals surface area contributed by atoms with Crippen molar-refractivity contribution in [1.82, 2.24) is 4.98 Å². The van der Waals surface area contributed by atoms with Crippen molar-refractivity contribution < 1.29 is 23.7 Å². The maximum absolute atomic E-state index is 6.38. The normalized spacial score (nSPS) is 22.6. The van der Waals surface area contributed by atoms with Crippen molar-refractivity contribution in [3.8, 4) is 5.75 Å². The van der Waals surface area contributed by atoms with Crippen molar-refractivity contribution in [1.29, 1.82) is 0 Å². The third kappa shape index (κ3) is 9.19. The minimum atomic E-state index is -0.360. The smallest absolute Gasteiger partial charge is 0.119 e. The lowest BCUT2D eigenvalue weighted by Gasteiger charge is -2.45. The standard InChI is InChI=1S/C32H41NO5S/c1-6-15-34-23-28-29(36-16-7-2)30(37-17-8-3)31(38-18-9-4)32(39-28)26-20-25(21-33-22-26)19-24-11-13-27(14-12-24)35-10-5/h6-9,11-14,20-22,28-32H,1-4,10,15-19,23H2,5H3/t28-,29-,30+,31-,32?/m1/s1. The fourth-order valence-corrected chi connectivity index (χ4v) is 6.18. The topological polar surface area (TPSA) is 59.0 Å². The molecule has 1 aliphatic heterocycles. The second kappa shape index (κ2) is 17.1. The summed E-state index contributed by atoms with van der Waals surface area (Å²) in [6, 6.07) is 10.4. The van der Waals surface area contributed by atoms with E-state index in [-0.39, 0.29) is 28.8 Å². The maximum Gasteiger partial charge on any atom is 0.119 e. The average molecular weight is 552 g/mol. The summed E-state index contributed by atoms with van der Waals surface area (Å²) in [6.07, 6.45) is 10.7. The van der Waals surface area contributed by atoms with E-state index in [0.717, 1.165) is 23.3 Å². The first-order valence-electron chi connectivity index (χ1n) is 13.3. The van der Waals surface area contributed by atoms with Gasteiger partial charge in [0.1, 0.15) is 24.1 Å². The van der Waals surface area contributed by atoms with E-state index in [1.807, 2.05) is 31.5 Å². The molecule has 6 nitrogen and oxygen atoms in total. The van der Waals surface area contributed by atoms with Crippen LogP contribution in [0.5, 0.6) is 5.75 Å². The molecule has 0 aliphatic carbocycles. The van der Waals surface area contributed by atoms with Crippen molar-refractivity contribution in [3.05, 3.63) is 110 Å². The summed E-state index contributed by atoms with van der Waals surface area (Å²) in [4.78, 5) is 4.61. The van der Waals surface area contributed by atoms with Crippen LogP contribution in [0.3, 0.4) is 0 Å². The lowest BCUT2D eigenvalue weighted by molar-refractivity contribution is -0.136. The molecule has 39 heavy (non-hydrogen) atoms. The quantitative estimate of drug-likeness (QED) is 0.163. The van der Waals surface area contributed by atoms with Crippen molar-refractivity contribution in [2.75, 3.05) is 39.6 Å². The van der Waals surface area contributed by atoms with Crippen molar-refractivity contribution >= 4 is 11.8 Å². The molecular formula is C32H41NO5S. The number of nitrogens with zero attached hydrogens (tertiary/aromatic N) is 1. The van der Waals surface area contributed by atoms with Crippen LogP contribution in [-0.4, -0.2) is 68.2 Å². The van der Waals surface area contributed by atoms with Crippen LogP contribution in [0.2, 0.25) is 0 Å². The lowest BCUT2D eigenvalue weighted by Crippen LogP contribution is -2.55. The van der Waals surface area contributed by atoms with Gasteiger partial charge in [-0.05, 0) is 42.2 Å². The molecule has 1 aromatic carbocycles. The Hall–Kier alpha value is -2.68. The van der Waals surface area contributed by atoms with Crippen molar-refractivity contribution in [2.24, 2.45) is 0 Å². The van der Waals surface area contributed by atoms with Crippen LogP contribution in [0.4, 0.5) is 0 Å². The van der Waals surface area contributed by atoms with E-state index in [4.69, 9.17) is 23.7 Å². The SMILES string of the molecule is C=CCOC[C@H]1SC(c2cncc(Cc3ccc(OCC)cc3)c2)[C@H](OCC=C)[C@@H](OCC=C)[C@@H]1OCC=C. The predicted octanol–water partition coefficient (Wildman–Crippen LogP) is 6.14. The van der Waals surface area contributed by atoms with E-state index in [9.17, 15) is 0 Å². The first-order valence-corrected chi connectivity index (χ1v) is 14.3. The number of pyridine rings is 1. The minimum Gasteiger partial charge on any atom is -0.494 e. The van der Waals surface area contributed by atoms with Gasteiger partial charge in [-0.1, -0.05) is 42.5 Å². The molecule has 1 saturated heterocycles. The Balaban J connectivity index is 1.93. The lowest BCUT2D eigenvalue weighted by atomic mass is 9.95. The highest BCUT2D eigenvalue weighted by atomic mass is 32.2. The van der Waals surface area contributed by atoms with E-state index >= 15 is 0 Å². The van der Waals surface area contributed by atoms with Gasteiger partial charge in [0.15, 0.2) is 0 Å². The summed E-state index contributed by atoms with van der Waals surface area (Å²) < 4.78 is 30.5. The summed E-state index contributed by atoms with van der Waals surface area (Å²) >= 11 is 1.77. The van der Waals surface area contributed by atoms with E-state index < -0.39 is 0 Å². The second-order valence-corrected chi connectivity index (χ2v) is 10.4. The largest absolute Gasteiger partial charge is 0.494 e. The van der Waals surface area contributed by atoms with Gasteiger partial charge in [0, 0.05) is 12.4 Å². The molecule has 1 fully saturated rings. The molecule has 1 aromatic heterocycles. The molecule has 1 aliphatic rings. The monoisotopic (exact) mass is 551 g/mol. The number of thioether (sulfide) groups is 1. The van der Waals surface area contributed by atoms with E-state index in [1.165, 1.54) is 5.56 Å². The zero-order valence-corrected chi connectivity index (χ0v) is 23.7. The zero-order valence-electron chi connectivity index (χ0n) is 22.9. The molecule has 7 heteroatoms. The van der Waals surface area contributed by atoms with E-state index in [1.54, 1.807) is 36.1 Å². The van der Waals surface area contributed by atoms with Crippen molar-refractivity contribution in [3.63, 3.8) is 0 Å². The number of benzene rings is 1. The Labute approximate surface area is 237 Å². The fourth-order valence-electron chi connectivity index (χ4n) is 4.56. The number of hydrogen-bond donors (Lipinski definition) is 0. The highest BCUT2D eigenvalue weighted by Crippen LogP contribution is 2.46. The molecule has 2 heterocycles. The maximum atomic E-state index is 6.38. The molecule has 0 spiro atoms. The summed E-state index contributed by atoms with van der Waals surface area (Å²) in [5, 5.41) is -0.0727. The molecule has 5 atom stereocenters. The van der Waals surface area contributed by atoms with Crippen LogP contribution >= 0.6 is 11.8 Å². The van der Waals surface area contributed by atoms with Gasteiger partial charge >= 0.3 is 0 Å². The van der Waals surface area contributed by atoms with E-state index in [2.05, 4.69) is 49.5 Å². The number of ether oxygens (including phenoxy) is 5. The van der Waals surface area contributed by atoms with Crippen LogP contribution in [0.15, 0.2) is 93.3 Å². The molecule has 0 bridgehead atoms. The summed E-state index contributed by atoms with van der Waals surface area (Å²) in [7, 11) is 0. The van der Waals surface area contributed by atoms with Crippen LogP contribution in [0.25, 0.3) is 0 Å². The third-order valence-electron chi connectivity index (χ3n) is 6.16. The Morgan fingerprint density at radius 3 is 2.08 bits per heavy atom. The summed E-state index contributed by atoms with van der Waals surface area (Å²) in [5.41, 5.74) is 3.38. The van der Waals surface area contributed by atoms with Gasteiger partial charge < -0.3 is 23.7 Å². The number of aromatic nitrogens is 1. The van der Waals surface area contributed by atoms with E-state index in [0.29, 0.717) is 39.6 Å². The zero-order chi connectivity index (χ0) is 27.9. The van der Waals surface area contributed by atoms with Crippen LogP contribution in [0.1, 0.15) is 28.9 Å².